The molecule has 0 saturated carbocycles. The molecule has 9 heteroatoms. The molecule has 0 amide bonds. The average Bonchev–Trinajstić information content (AvgIpc) is 3.12. The number of alkyl halides is 1. The van der Waals surface area contributed by atoms with Gasteiger partial charge in [-0.1, -0.05) is 23.7 Å². The van der Waals surface area contributed by atoms with Crippen molar-refractivity contribution in [2.24, 2.45) is 0 Å². The van der Waals surface area contributed by atoms with E-state index in [-0.39, 0.29) is 27.9 Å². The van der Waals surface area contributed by atoms with Crippen LogP contribution in [0.2, 0.25) is 5.02 Å². The zero-order valence-electron chi connectivity index (χ0n) is 14.7. The van der Waals surface area contributed by atoms with Gasteiger partial charge in [-0.25, -0.2) is 12.8 Å². The summed E-state index contributed by atoms with van der Waals surface area (Å²) in [5, 5.41) is 3.72. The number of sulfonamides is 1. The Labute approximate surface area is 166 Å². The number of ether oxygens (including phenoxy) is 1. The second-order valence-corrected chi connectivity index (χ2v) is 8.57. The summed E-state index contributed by atoms with van der Waals surface area (Å²) in [5.74, 6) is 0.286. The fraction of sp³-hybridized carbons (Fsp3) is 0.263. The lowest BCUT2D eigenvalue weighted by molar-refractivity contribution is 0.0736. The predicted molar refractivity (Wildman–Crippen MR) is 105 cm³/mol. The van der Waals surface area contributed by atoms with E-state index in [0.717, 1.165) is 0 Å². The predicted octanol–water partition coefficient (Wildman–Crippen LogP) is 3.97. The smallest absolute Gasteiger partial charge is 0.263 e. The molecule has 6 nitrogen and oxygen atoms in total. The van der Waals surface area contributed by atoms with Crippen molar-refractivity contribution in [3.63, 3.8) is 0 Å². The Morgan fingerprint density at radius 2 is 2.07 bits per heavy atom. The molecule has 1 aliphatic rings. The molecular weight excluding hydrogens is 407 g/mol. The zero-order chi connectivity index (χ0) is 19.7. The minimum absolute atomic E-state index is 0.0337. The molecule has 0 unspecified atom stereocenters. The standard InChI is InChI=1S/C19H18ClFN2O4S/c20-14-3-1-2-4-18(14)28(24,25)23-13-9-12-6-8-26-19(12)17(10-13)27-16-5-7-22-11-15(16)21/h1-4,6,8-10,15-16,22-23H,5,7,11H2/t15-,16-/m1/s1. The van der Waals surface area contributed by atoms with Crippen molar-refractivity contribution in [2.45, 2.75) is 23.6 Å². The monoisotopic (exact) mass is 424 g/mol. The Morgan fingerprint density at radius 1 is 1.25 bits per heavy atom. The van der Waals surface area contributed by atoms with Gasteiger partial charge in [0.1, 0.15) is 17.2 Å². The molecular formula is C19H18ClFN2O4S. The molecule has 4 rings (SSSR count). The van der Waals surface area contributed by atoms with Gasteiger partial charge in [-0.05, 0) is 37.2 Å². The highest BCUT2D eigenvalue weighted by Gasteiger charge is 2.28. The van der Waals surface area contributed by atoms with Gasteiger partial charge in [0.25, 0.3) is 10.0 Å². The molecule has 1 aliphatic heterocycles. The molecule has 148 valence electrons. The lowest BCUT2D eigenvalue weighted by Crippen LogP contribution is -2.44. The summed E-state index contributed by atoms with van der Waals surface area (Å²) < 4.78 is 53.4. The topological polar surface area (TPSA) is 80.6 Å². The molecule has 3 aromatic rings. The summed E-state index contributed by atoms with van der Waals surface area (Å²) in [6.45, 7) is 0.857. The molecule has 2 N–H and O–H groups in total. The van der Waals surface area contributed by atoms with Crippen molar-refractivity contribution >= 4 is 38.3 Å². The van der Waals surface area contributed by atoms with Crippen molar-refractivity contribution in [1.29, 1.82) is 0 Å². The summed E-state index contributed by atoms with van der Waals surface area (Å²) in [6, 6.07) is 11.0. The molecule has 0 bridgehead atoms. The fourth-order valence-electron chi connectivity index (χ4n) is 3.16. The lowest BCUT2D eigenvalue weighted by Gasteiger charge is -2.27. The average molecular weight is 425 g/mol. The van der Waals surface area contributed by atoms with E-state index in [1.54, 1.807) is 24.3 Å². The number of hydrogen-bond acceptors (Lipinski definition) is 5. The van der Waals surface area contributed by atoms with Crippen molar-refractivity contribution in [3.05, 3.63) is 53.8 Å². The summed E-state index contributed by atoms with van der Waals surface area (Å²) in [6.07, 6.45) is 0.172. The minimum atomic E-state index is -3.91. The number of hydrogen-bond donors (Lipinski definition) is 2. The number of fused-ring (bicyclic) bond motifs is 1. The molecule has 2 aromatic carbocycles. The van der Waals surface area contributed by atoms with E-state index in [1.165, 1.54) is 24.5 Å². The molecule has 0 radical (unpaired) electrons. The van der Waals surface area contributed by atoms with Gasteiger partial charge in [-0.15, -0.1) is 0 Å². The first-order valence-electron chi connectivity index (χ1n) is 8.74. The van der Waals surface area contributed by atoms with Crippen LogP contribution in [-0.4, -0.2) is 33.8 Å². The third-order valence-corrected chi connectivity index (χ3v) is 6.40. The van der Waals surface area contributed by atoms with E-state index in [9.17, 15) is 12.8 Å². The Bertz CT molecular complexity index is 1100. The first-order valence-corrected chi connectivity index (χ1v) is 10.6. The first-order chi connectivity index (χ1) is 13.4. The van der Waals surface area contributed by atoms with Gasteiger partial charge in [-0.2, -0.15) is 0 Å². The summed E-state index contributed by atoms with van der Waals surface area (Å²) in [7, 11) is -3.91. The molecule has 2 atom stereocenters. The molecule has 28 heavy (non-hydrogen) atoms. The lowest BCUT2D eigenvalue weighted by atomic mass is 10.1. The maximum absolute atomic E-state index is 14.2. The third-order valence-electron chi connectivity index (χ3n) is 4.52. The van der Waals surface area contributed by atoms with Crippen LogP contribution in [0, 0.1) is 0 Å². The minimum Gasteiger partial charge on any atom is -0.483 e. The van der Waals surface area contributed by atoms with Crippen molar-refractivity contribution in [1.82, 2.24) is 5.32 Å². The molecule has 0 spiro atoms. The van der Waals surface area contributed by atoms with E-state index in [4.69, 9.17) is 20.8 Å². The summed E-state index contributed by atoms with van der Waals surface area (Å²) in [5.41, 5.74) is 0.708. The van der Waals surface area contributed by atoms with Crippen LogP contribution in [0.5, 0.6) is 5.75 Å². The molecule has 1 aromatic heterocycles. The molecule has 0 aliphatic carbocycles. The number of anilines is 1. The highest BCUT2D eigenvalue weighted by atomic mass is 35.5. The van der Waals surface area contributed by atoms with Gasteiger partial charge >= 0.3 is 0 Å². The van der Waals surface area contributed by atoms with Crippen LogP contribution in [0.4, 0.5) is 10.1 Å². The third kappa shape index (κ3) is 3.80. The highest BCUT2D eigenvalue weighted by Crippen LogP contribution is 2.34. The number of piperidine rings is 1. The van der Waals surface area contributed by atoms with Gasteiger partial charge in [0.15, 0.2) is 11.3 Å². The molecule has 1 saturated heterocycles. The van der Waals surface area contributed by atoms with Crippen LogP contribution < -0.4 is 14.8 Å². The quantitative estimate of drug-likeness (QED) is 0.647. The van der Waals surface area contributed by atoms with Gasteiger partial charge in [-0.3, -0.25) is 4.72 Å². The van der Waals surface area contributed by atoms with E-state index in [1.807, 2.05) is 0 Å². The summed E-state index contributed by atoms with van der Waals surface area (Å²) in [4.78, 5) is -0.0337. The number of rotatable bonds is 5. The van der Waals surface area contributed by atoms with Crippen LogP contribution in [0.15, 0.2) is 58.0 Å². The maximum Gasteiger partial charge on any atom is 0.263 e. The van der Waals surface area contributed by atoms with Crippen LogP contribution in [0.25, 0.3) is 11.0 Å². The normalized spacial score (nSPS) is 20.2. The van der Waals surface area contributed by atoms with E-state index in [0.29, 0.717) is 23.9 Å². The second-order valence-electron chi connectivity index (χ2n) is 6.51. The summed E-state index contributed by atoms with van der Waals surface area (Å²) >= 11 is 6.02. The van der Waals surface area contributed by atoms with E-state index >= 15 is 0 Å². The molecule has 1 fully saturated rings. The largest absolute Gasteiger partial charge is 0.483 e. The number of halogens is 2. The van der Waals surface area contributed by atoms with Crippen molar-refractivity contribution < 1.29 is 22.0 Å². The van der Waals surface area contributed by atoms with Gasteiger partial charge < -0.3 is 14.5 Å². The Morgan fingerprint density at radius 3 is 2.86 bits per heavy atom. The van der Waals surface area contributed by atoms with Crippen LogP contribution in [-0.2, 0) is 10.0 Å². The van der Waals surface area contributed by atoms with Crippen molar-refractivity contribution in [2.75, 3.05) is 17.8 Å². The molecule has 2 heterocycles. The highest BCUT2D eigenvalue weighted by molar-refractivity contribution is 7.92. The Balaban J connectivity index is 1.67. The van der Waals surface area contributed by atoms with E-state index < -0.39 is 22.3 Å². The van der Waals surface area contributed by atoms with Crippen LogP contribution in [0.3, 0.4) is 0 Å². The van der Waals surface area contributed by atoms with Crippen LogP contribution >= 0.6 is 11.6 Å². The fourth-order valence-corrected chi connectivity index (χ4v) is 4.72. The van der Waals surface area contributed by atoms with Gasteiger partial charge in [0.2, 0.25) is 0 Å². The van der Waals surface area contributed by atoms with E-state index in [2.05, 4.69) is 10.0 Å². The van der Waals surface area contributed by atoms with Crippen LogP contribution in [0.1, 0.15) is 6.42 Å². The number of nitrogens with one attached hydrogen (secondary N) is 2. The number of benzene rings is 2. The maximum atomic E-state index is 14.2. The number of furan rings is 1. The van der Waals surface area contributed by atoms with Gasteiger partial charge in [0, 0.05) is 18.0 Å². The first kappa shape index (κ1) is 19.0. The Kier molecular flexibility index (Phi) is 5.18. The second kappa shape index (κ2) is 7.62. The zero-order valence-corrected chi connectivity index (χ0v) is 16.3. The SMILES string of the molecule is O=S(=O)(Nc1cc(O[C@@H]2CCNC[C@H]2F)c2occc2c1)c1ccccc1Cl. The van der Waals surface area contributed by atoms with Gasteiger partial charge in [0.05, 0.1) is 17.0 Å². The Hall–Kier alpha value is -2.29. The van der Waals surface area contributed by atoms with Crippen molar-refractivity contribution in [3.8, 4) is 5.75 Å².